The van der Waals surface area contributed by atoms with E-state index in [1.54, 1.807) is 7.11 Å². The summed E-state index contributed by atoms with van der Waals surface area (Å²) in [5.41, 5.74) is 5.46. The predicted octanol–water partition coefficient (Wildman–Crippen LogP) is 1.94. The number of nitrogens with one attached hydrogen (secondary N) is 1. The van der Waals surface area contributed by atoms with Crippen molar-refractivity contribution in [2.75, 3.05) is 13.7 Å². The molecule has 0 fully saturated rings. The van der Waals surface area contributed by atoms with E-state index in [9.17, 15) is 4.79 Å². The molecule has 0 saturated carbocycles. The average molecular weight is 277 g/mol. The van der Waals surface area contributed by atoms with Gasteiger partial charge in [0.05, 0.1) is 22.9 Å². The van der Waals surface area contributed by atoms with E-state index in [0.717, 1.165) is 9.21 Å². The molecule has 3 N–H and O–H groups in total. The normalized spacial score (nSPS) is 14.4. The van der Waals surface area contributed by atoms with Gasteiger partial charge in [0, 0.05) is 18.5 Å². The average Bonchev–Trinajstić information content (AvgIpc) is 2.72. The number of halogens is 1. The van der Waals surface area contributed by atoms with Gasteiger partial charge in [0.1, 0.15) is 0 Å². The van der Waals surface area contributed by atoms with Crippen molar-refractivity contribution in [2.45, 2.75) is 25.5 Å². The molecule has 0 aliphatic carbocycles. The van der Waals surface area contributed by atoms with Crippen LogP contribution in [-0.2, 0) is 9.53 Å². The number of hydrogen-bond donors (Lipinski definition) is 2. The molecule has 0 spiro atoms. The fourth-order valence-electron chi connectivity index (χ4n) is 1.40. The Labute approximate surface area is 110 Å². The van der Waals surface area contributed by atoms with Crippen molar-refractivity contribution < 1.29 is 9.53 Å². The molecule has 0 aliphatic heterocycles. The highest BCUT2D eigenvalue weighted by Crippen LogP contribution is 2.26. The minimum absolute atomic E-state index is 0.0460. The zero-order valence-electron chi connectivity index (χ0n) is 9.90. The van der Waals surface area contributed by atoms with E-state index in [4.69, 9.17) is 22.1 Å². The second-order valence-corrected chi connectivity index (χ2v) is 5.48. The third kappa shape index (κ3) is 4.63. The molecule has 1 heterocycles. The van der Waals surface area contributed by atoms with E-state index in [1.807, 2.05) is 19.1 Å². The maximum absolute atomic E-state index is 11.7. The number of methoxy groups -OCH3 is 1. The first-order chi connectivity index (χ1) is 8.06. The molecule has 1 amide bonds. The lowest BCUT2D eigenvalue weighted by Gasteiger charge is -2.15. The van der Waals surface area contributed by atoms with Gasteiger partial charge in [-0.2, -0.15) is 0 Å². The number of thiophene rings is 1. The van der Waals surface area contributed by atoms with Gasteiger partial charge < -0.3 is 15.8 Å². The second-order valence-electron chi connectivity index (χ2n) is 3.73. The molecule has 0 aliphatic rings. The molecular weight excluding hydrogens is 260 g/mol. The lowest BCUT2D eigenvalue weighted by atomic mass is 10.2. The smallest absolute Gasteiger partial charge is 0.223 e. The zero-order valence-corrected chi connectivity index (χ0v) is 11.5. The highest BCUT2D eigenvalue weighted by molar-refractivity contribution is 7.16. The van der Waals surface area contributed by atoms with Crippen LogP contribution in [0.1, 0.15) is 24.3 Å². The van der Waals surface area contributed by atoms with Crippen LogP contribution in [0.4, 0.5) is 0 Å². The van der Waals surface area contributed by atoms with Gasteiger partial charge in [-0.3, -0.25) is 4.79 Å². The van der Waals surface area contributed by atoms with Gasteiger partial charge in [-0.05, 0) is 19.1 Å². The quantitative estimate of drug-likeness (QED) is 0.835. The molecule has 2 unspecified atom stereocenters. The van der Waals surface area contributed by atoms with Gasteiger partial charge in [0.15, 0.2) is 0 Å². The lowest BCUT2D eigenvalue weighted by Crippen LogP contribution is -2.33. The number of hydrogen-bond acceptors (Lipinski definition) is 4. The largest absolute Gasteiger partial charge is 0.380 e. The summed E-state index contributed by atoms with van der Waals surface area (Å²) in [5.74, 6) is -0.0701. The summed E-state index contributed by atoms with van der Waals surface area (Å²) >= 11 is 7.30. The van der Waals surface area contributed by atoms with E-state index >= 15 is 0 Å². The van der Waals surface area contributed by atoms with Gasteiger partial charge in [-0.15, -0.1) is 11.3 Å². The maximum Gasteiger partial charge on any atom is 0.223 e. The van der Waals surface area contributed by atoms with E-state index in [2.05, 4.69) is 5.32 Å². The molecule has 1 rings (SSSR count). The number of nitrogens with two attached hydrogens (primary N) is 1. The van der Waals surface area contributed by atoms with Crippen molar-refractivity contribution in [1.29, 1.82) is 0 Å². The van der Waals surface area contributed by atoms with Crippen LogP contribution in [0.15, 0.2) is 12.1 Å². The van der Waals surface area contributed by atoms with Gasteiger partial charge in [-0.1, -0.05) is 11.6 Å². The number of rotatable bonds is 6. The van der Waals surface area contributed by atoms with Crippen LogP contribution >= 0.6 is 22.9 Å². The zero-order chi connectivity index (χ0) is 12.8. The Morgan fingerprint density at radius 1 is 1.65 bits per heavy atom. The summed E-state index contributed by atoms with van der Waals surface area (Å²) in [6.07, 6.45) is 0.0466. The van der Waals surface area contributed by atoms with Gasteiger partial charge in [-0.25, -0.2) is 0 Å². The molecule has 6 heteroatoms. The molecule has 0 saturated heterocycles. The summed E-state index contributed by atoms with van der Waals surface area (Å²) in [6, 6.07) is 3.69. The van der Waals surface area contributed by atoms with Crippen LogP contribution in [0.5, 0.6) is 0 Å². The number of ether oxygens (including phenoxy) is 1. The van der Waals surface area contributed by atoms with Crippen molar-refractivity contribution >= 4 is 28.8 Å². The molecule has 1 aromatic rings. The first-order valence-electron chi connectivity index (χ1n) is 5.34. The molecule has 17 heavy (non-hydrogen) atoms. The summed E-state index contributed by atoms with van der Waals surface area (Å²) in [7, 11) is 1.55. The highest BCUT2D eigenvalue weighted by Gasteiger charge is 2.15. The molecular formula is C11H17ClN2O2S. The van der Waals surface area contributed by atoms with Gasteiger partial charge in [0.2, 0.25) is 5.91 Å². The molecule has 0 radical (unpaired) electrons. The molecule has 4 nitrogen and oxygen atoms in total. The van der Waals surface area contributed by atoms with E-state index < -0.39 is 0 Å². The van der Waals surface area contributed by atoms with Gasteiger partial charge in [0.25, 0.3) is 0 Å². The maximum atomic E-state index is 11.7. The fourth-order valence-corrected chi connectivity index (χ4v) is 2.47. The van der Waals surface area contributed by atoms with Crippen molar-refractivity contribution in [3.05, 3.63) is 21.3 Å². The monoisotopic (exact) mass is 276 g/mol. The molecule has 0 aromatic carbocycles. The second kappa shape index (κ2) is 6.96. The van der Waals surface area contributed by atoms with Gasteiger partial charge >= 0.3 is 0 Å². The van der Waals surface area contributed by atoms with Crippen LogP contribution in [-0.4, -0.2) is 25.7 Å². The molecule has 96 valence electrons. The standard InChI is InChI=1S/C11H17ClN2O2S/c1-7(9-3-4-10(12)17-9)14-11(15)5-8(6-13)16-2/h3-4,7-8H,5-6,13H2,1-2H3,(H,14,15). The number of carbonyl (C=O) groups is 1. The van der Waals surface area contributed by atoms with Crippen molar-refractivity contribution in [3.8, 4) is 0 Å². The Hall–Kier alpha value is -0.620. The van der Waals surface area contributed by atoms with E-state index in [1.165, 1.54) is 11.3 Å². The van der Waals surface area contributed by atoms with E-state index in [-0.39, 0.29) is 24.5 Å². The summed E-state index contributed by atoms with van der Waals surface area (Å²) in [4.78, 5) is 12.7. The Morgan fingerprint density at radius 2 is 2.35 bits per heavy atom. The Bertz CT molecular complexity index is 366. The third-order valence-corrected chi connectivity index (χ3v) is 3.82. The minimum atomic E-state index is -0.228. The lowest BCUT2D eigenvalue weighted by molar-refractivity contribution is -0.124. The van der Waals surface area contributed by atoms with Crippen molar-refractivity contribution in [1.82, 2.24) is 5.32 Å². The molecule has 1 aromatic heterocycles. The van der Waals surface area contributed by atoms with Crippen LogP contribution in [0.25, 0.3) is 0 Å². The van der Waals surface area contributed by atoms with Crippen LogP contribution < -0.4 is 11.1 Å². The third-order valence-electron chi connectivity index (χ3n) is 2.41. The van der Waals surface area contributed by atoms with E-state index in [0.29, 0.717) is 6.54 Å². The number of amides is 1. The first-order valence-corrected chi connectivity index (χ1v) is 6.53. The predicted molar refractivity (Wildman–Crippen MR) is 70.4 cm³/mol. The minimum Gasteiger partial charge on any atom is -0.380 e. The fraction of sp³-hybridized carbons (Fsp3) is 0.545. The van der Waals surface area contributed by atoms with Crippen molar-refractivity contribution in [3.63, 3.8) is 0 Å². The summed E-state index contributed by atoms with van der Waals surface area (Å²) in [5, 5.41) is 2.89. The van der Waals surface area contributed by atoms with Crippen LogP contribution in [0.2, 0.25) is 4.34 Å². The first kappa shape index (κ1) is 14.4. The topological polar surface area (TPSA) is 64.3 Å². The Morgan fingerprint density at radius 3 is 2.82 bits per heavy atom. The molecule has 2 atom stereocenters. The molecule has 0 bridgehead atoms. The highest BCUT2D eigenvalue weighted by atomic mass is 35.5. The Balaban J connectivity index is 2.45. The Kier molecular flexibility index (Phi) is 5.91. The van der Waals surface area contributed by atoms with Crippen LogP contribution in [0, 0.1) is 0 Å². The van der Waals surface area contributed by atoms with Crippen molar-refractivity contribution in [2.24, 2.45) is 5.73 Å². The summed E-state index contributed by atoms with van der Waals surface area (Å²) < 4.78 is 5.78. The summed E-state index contributed by atoms with van der Waals surface area (Å²) in [6.45, 7) is 2.26. The number of carbonyl (C=O) groups excluding carboxylic acids is 1. The van der Waals surface area contributed by atoms with Crippen LogP contribution in [0.3, 0.4) is 0 Å². The SMILES string of the molecule is COC(CN)CC(=O)NC(C)c1ccc(Cl)s1.